The van der Waals surface area contributed by atoms with E-state index in [4.69, 9.17) is 0 Å². The van der Waals surface area contributed by atoms with Crippen molar-refractivity contribution < 1.29 is 0 Å². The summed E-state index contributed by atoms with van der Waals surface area (Å²) in [5, 5.41) is 11.9. The predicted molar refractivity (Wildman–Crippen MR) is 80.1 cm³/mol. The van der Waals surface area contributed by atoms with Crippen molar-refractivity contribution in [3.63, 3.8) is 0 Å². The molecular formula is C17H20N2. The molecule has 0 N–H and O–H groups in total. The monoisotopic (exact) mass is 252 g/mol. The standard InChI is InChI=1S/C17H20N2/c1-3-19(2)12-11-15(13-18)17-10-6-8-14-7-4-5-9-16(14)17/h4-10,15H,3,11-12H2,1-2H3. The van der Waals surface area contributed by atoms with Crippen LogP contribution in [0, 0.1) is 11.3 Å². The van der Waals surface area contributed by atoms with Crippen LogP contribution in [0.4, 0.5) is 0 Å². The fourth-order valence-electron chi connectivity index (χ4n) is 2.35. The minimum atomic E-state index is -0.0277. The van der Waals surface area contributed by atoms with Crippen LogP contribution in [0.1, 0.15) is 24.8 Å². The SMILES string of the molecule is CCN(C)CCC(C#N)c1cccc2ccccc12. The second kappa shape index (κ2) is 6.36. The highest BCUT2D eigenvalue weighted by molar-refractivity contribution is 5.86. The van der Waals surface area contributed by atoms with E-state index in [9.17, 15) is 5.26 Å². The fraction of sp³-hybridized carbons (Fsp3) is 0.353. The smallest absolute Gasteiger partial charge is 0.0730 e. The average Bonchev–Trinajstić information content (AvgIpc) is 2.47. The summed E-state index contributed by atoms with van der Waals surface area (Å²) in [5.41, 5.74) is 1.16. The number of nitrogens with zero attached hydrogens (tertiary/aromatic N) is 2. The van der Waals surface area contributed by atoms with Crippen LogP contribution in [0.5, 0.6) is 0 Å². The van der Waals surface area contributed by atoms with Crippen molar-refractivity contribution in [2.24, 2.45) is 0 Å². The molecule has 2 aromatic carbocycles. The van der Waals surface area contributed by atoms with Crippen molar-refractivity contribution in [1.82, 2.24) is 4.90 Å². The number of hydrogen-bond acceptors (Lipinski definition) is 2. The zero-order valence-electron chi connectivity index (χ0n) is 11.6. The van der Waals surface area contributed by atoms with Crippen molar-refractivity contribution in [3.05, 3.63) is 48.0 Å². The molecule has 0 amide bonds. The summed E-state index contributed by atoms with van der Waals surface area (Å²) in [7, 11) is 2.09. The van der Waals surface area contributed by atoms with E-state index in [0.717, 1.165) is 25.1 Å². The van der Waals surface area contributed by atoms with Gasteiger partial charge in [0, 0.05) is 0 Å². The Balaban J connectivity index is 2.28. The Morgan fingerprint density at radius 2 is 1.89 bits per heavy atom. The highest BCUT2D eigenvalue weighted by Crippen LogP contribution is 2.27. The molecule has 0 aliphatic carbocycles. The Morgan fingerprint density at radius 3 is 2.63 bits per heavy atom. The second-order valence-corrected chi connectivity index (χ2v) is 4.93. The molecule has 0 spiro atoms. The fourth-order valence-corrected chi connectivity index (χ4v) is 2.35. The maximum atomic E-state index is 9.46. The van der Waals surface area contributed by atoms with Crippen LogP contribution < -0.4 is 0 Å². The van der Waals surface area contributed by atoms with Gasteiger partial charge in [0.2, 0.25) is 0 Å². The summed E-state index contributed by atoms with van der Waals surface area (Å²) >= 11 is 0. The molecule has 0 aliphatic rings. The molecule has 2 nitrogen and oxygen atoms in total. The summed E-state index contributed by atoms with van der Waals surface area (Å²) in [4.78, 5) is 2.25. The van der Waals surface area contributed by atoms with Gasteiger partial charge in [0.1, 0.15) is 0 Å². The summed E-state index contributed by atoms with van der Waals surface area (Å²) in [6.07, 6.45) is 0.884. The van der Waals surface area contributed by atoms with Gasteiger partial charge in [-0.3, -0.25) is 0 Å². The predicted octanol–water partition coefficient (Wildman–Crippen LogP) is 3.79. The van der Waals surface area contributed by atoms with E-state index < -0.39 is 0 Å². The first-order chi connectivity index (χ1) is 9.26. The van der Waals surface area contributed by atoms with E-state index in [1.54, 1.807) is 0 Å². The summed E-state index contributed by atoms with van der Waals surface area (Å²) in [6.45, 7) is 4.12. The number of rotatable bonds is 5. The molecule has 0 fully saturated rings. The van der Waals surface area contributed by atoms with Crippen LogP contribution in [0.3, 0.4) is 0 Å². The lowest BCUT2D eigenvalue weighted by molar-refractivity contribution is 0.343. The molecule has 0 bridgehead atoms. The van der Waals surface area contributed by atoms with Gasteiger partial charge in [0.15, 0.2) is 0 Å². The van der Waals surface area contributed by atoms with Gasteiger partial charge in [-0.1, -0.05) is 49.4 Å². The molecule has 1 atom stereocenters. The highest BCUT2D eigenvalue weighted by Gasteiger charge is 2.13. The maximum Gasteiger partial charge on any atom is 0.0730 e. The third-order valence-corrected chi connectivity index (χ3v) is 3.69. The van der Waals surface area contributed by atoms with Crippen molar-refractivity contribution in [2.45, 2.75) is 19.3 Å². The van der Waals surface area contributed by atoms with Gasteiger partial charge < -0.3 is 4.90 Å². The third kappa shape index (κ3) is 3.13. The minimum absolute atomic E-state index is 0.0277. The molecule has 2 aromatic rings. The Labute approximate surface area is 115 Å². The molecule has 1 unspecified atom stereocenters. The molecule has 0 aliphatic heterocycles. The summed E-state index contributed by atoms with van der Waals surface area (Å²) in [6, 6.07) is 17.0. The van der Waals surface area contributed by atoms with E-state index in [0.29, 0.717) is 0 Å². The van der Waals surface area contributed by atoms with Gasteiger partial charge in [0.25, 0.3) is 0 Å². The van der Waals surface area contributed by atoms with E-state index in [-0.39, 0.29) is 5.92 Å². The molecule has 2 heteroatoms. The van der Waals surface area contributed by atoms with Crippen LogP contribution in [0.25, 0.3) is 10.8 Å². The molecule has 98 valence electrons. The second-order valence-electron chi connectivity index (χ2n) is 4.93. The first kappa shape index (κ1) is 13.6. The first-order valence-electron chi connectivity index (χ1n) is 6.82. The van der Waals surface area contributed by atoms with Crippen LogP contribution >= 0.6 is 0 Å². The lowest BCUT2D eigenvalue weighted by Gasteiger charge is -2.17. The van der Waals surface area contributed by atoms with Crippen LogP contribution in [-0.4, -0.2) is 25.0 Å². The molecule has 0 heterocycles. The van der Waals surface area contributed by atoms with Crippen LogP contribution in [0.15, 0.2) is 42.5 Å². The van der Waals surface area contributed by atoms with Gasteiger partial charge >= 0.3 is 0 Å². The molecule has 19 heavy (non-hydrogen) atoms. The molecule has 0 radical (unpaired) electrons. The van der Waals surface area contributed by atoms with Crippen molar-refractivity contribution in [3.8, 4) is 6.07 Å². The highest BCUT2D eigenvalue weighted by atomic mass is 15.1. The quantitative estimate of drug-likeness (QED) is 0.809. The molecule has 0 saturated carbocycles. The minimum Gasteiger partial charge on any atom is -0.307 e. The lowest BCUT2D eigenvalue weighted by atomic mass is 9.92. The van der Waals surface area contributed by atoms with Crippen molar-refractivity contribution in [2.75, 3.05) is 20.1 Å². The Morgan fingerprint density at radius 1 is 1.16 bits per heavy atom. The van der Waals surface area contributed by atoms with Gasteiger partial charge in [-0.15, -0.1) is 0 Å². The van der Waals surface area contributed by atoms with Crippen LogP contribution in [-0.2, 0) is 0 Å². The Bertz CT molecular complexity index is 578. The third-order valence-electron chi connectivity index (χ3n) is 3.69. The topological polar surface area (TPSA) is 27.0 Å². The zero-order chi connectivity index (χ0) is 13.7. The van der Waals surface area contributed by atoms with Gasteiger partial charge in [-0.05, 0) is 42.9 Å². The molecule has 0 saturated heterocycles. The van der Waals surface area contributed by atoms with E-state index in [1.165, 1.54) is 10.8 Å². The number of benzene rings is 2. The van der Waals surface area contributed by atoms with Gasteiger partial charge in [0.05, 0.1) is 12.0 Å². The normalized spacial score (nSPS) is 12.5. The molecular weight excluding hydrogens is 232 g/mol. The number of fused-ring (bicyclic) bond motifs is 1. The van der Waals surface area contributed by atoms with Crippen molar-refractivity contribution in [1.29, 1.82) is 5.26 Å². The number of hydrogen-bond donors (Lipinski definition) is 0. The Kier molecular flexibility index (Phi) is 4.54. The first-order valence-corrected chi connectivity index (χ1v) is 6.82. The Hall–Kier alpha value is -1.85. The van der Waals surface area contributed by atoms with Gasteiger partial charge in [-0.2, -0.15) is 5.26 Å². The molecule has 2 rings (SSSR count). The summed E-state index contributed by atoms with van der Waals surface area (Å²) in [5.74, 6) is -0.0277. The summed E-state index contributed by atoms with van der Waals surface area (Å²) < 4.78 is 0. The van der Waals surface area contributed by atoms with Crippen LogP contribution in [0.2, 0.25) is 0 Å². The number of nitriles is 1. The maximum absolute atomic E-state index is 9.46. The van der Waals surface area contributed by atoms with Gasteiger partial charge in [-0.25, -0.2) is 0 Å². The largest absolute Gasteiger partial charge is 0.307 e. The van der Waals surface area contributed by atoms with E-state index in [2.05, 4.69) is 49.2 Å². The van der Waals surface area contributed by atoms with E-state index >= 15 is 0 Å². The zero-order valence-corrected chi connectivity index (χ0v) is 11.6. The van der Waals surface area contributed by atoms with E-state index in [1.807, 2.05) is 18.2 Å². The average molecular weight is 252 g/mol. The lowest BCUT2D eigenvalue weighted by Crippen LogP contribution is -2.20. The van der Waals surface area contributed by atoms with Crippen molar-refractivity contribution >= 4 is 10.8 Å². The molecule has 0 aromatic heterocycles.